The first kappa shape index (κ1) is 18.1. The van der Waals surface area contributed by atoms with E-state index in [4.69, 9.17) is 4.74 Å². The van der Waals surface area contributed by atoms with Gasteiger partial charge in [0.25, 0.3) is 0 Å². The molecule has 0 heterocycles. The monoisotopic (exact) mass is 338 g/mol. The van der Waals surface area contributed by atoms with Crippen LogP contribution in [0.25, 0.3) is 0 Å². The molecule has 2 N–H and O–H groups in total. The molecule has 0 unspecified atom stereocenters. The quantitative estimate of drug-likeness (QED) is 0.728. The minimum Gasteiger partial charge on any atom is -0.493 e. The molecule has 1 aromatic carbocycles. The zero-order chi connectivity index (χ0) is 15.4. The van der Waals surface area contributed by atoms with Gasteiger partial charge in [0, 0.05) is 12.1 Å². The van der Waals surface area contributed by atoms with E-state index in [0.717, 1.165) is 36.3 Å². The van der Waals surface area contributed by atoms with E-state index in [1.54, 1.807) is 0 Å². The Hall–Kier alpha value is -1.26. The van der Waals surface area contributed by atoms with Crippen LogP contribution in [0.2, 0.25) is 0 Å². The van der Waals surface area contributed by atoms with Crippen molar-refractivity contribution in [2.75, 3.05) is 19.7 Å². The van der Waals surface area contributed by atoms with E-state index in [-0.39, 0.29) is 18.3 Å². The molecule has 0 atom stereocenters. The topological polar surface area (TPSA) is 50.4 Å². The molecule has 0 spiro atoms. The molecule has 2 fully saturated rings. The highest BCUT2D eigenvalue weighted by atomic mass is 35.5. The number of halogens is 1. The molecule has 5 heteroatoms. The molecule has 4 nitrogen and oxygen atoms in total. The number of nitrogens with one attached hydrogen (secondary N) is 2. The zero-order valence-corrected chi connectivity index (χ0v) is 14.6. The Bertz CT molecular complexity index is 528. The second-order valence-electron chi connectivity index (χ2n) is 6.72. The van der Waals surface area contributed by atoms with Gasteiger partial charge in [-0.3, -0.25) is 4.79 Å². The summed E-state index contributed by atoms with van der Waals surface area (Å²) < 4.78 is 5.93. The van der Waals surface area contributed by atoms with Crippen molar-refractivity contribution in [3.63, 3.8) is 0 Å². The lowest BCUT2D eigenvalue weighted by molar-refractivity contribution is -0.120. The highest BCUT2D eigenvalue weighted by Gasteiger charge is 2.22. The van der Waals surface area contributed by atoms with Gasteiger partial charge in [-0.2, -0.15) is 0 Å². The van der Waals surface area contributed by atoms with Crippen LogP contribution in [0.3, 0.4) is 0 Å². The van der Waals surface area contributed by atoms with Gasteiger partial charge in [-0.1, -0.05) is 12.1 Å². The summed E-state index contributed by atoms with van der Waals surface area (Å²) in [7, 11) is 0. The van der Waals surface area contributed by atoms with Gasteiger partial charge in [0.15, 0.2) is 0 Å². The van der Waals surface area contributed by atoms with Crippen molar-refractivity contribution in [1.29, 1.82) is 0 Å². The summed E-state index contributed by atoms with van der Waals surface area (Å²) in [6.45, 7) is 4.76. The molecule has 0 aromatic heterocycles. The van der Waals surface area contributed by atoms with Gasteiger partial charge in [0.05, 0.1) is 13.2 Å². The number of amides is 1. The highest BCUT2D eigenvalue weighted by molar-refractivity contribution is 5.85. The van der Waals surface area contributed by atoms with E-state index in [1.165, 1.54) is 31.2 Å². The van der Waals surface area contributed by atoms with Crippen LogP contribution >= 0.6 is 12.4 Å². The summed E-state index contributed by atoms with van der Waals surface area (Å²) >= 11 is 0. The first-order valence-electron chi connectivity index (χ1n) is 8.40. The molecule has 0 radical (unpaired) electrons. The van der Waals surface area contributed by atoms with Crippen molar-refractivity contribution in [3.05, 3.63) is 29.3 Å². The fraction of sp³-hybridized carbons (Fsp3) is 0.611. The summed E-state index contributed by atoms with van der Waals surface area (Å²) in [5, 5.41) is 6.19. The lowest BCUT2D eigenvalue weighted by Crippen LogP contribution is -2.34. The van der Waals surface area contributed by atoms with Gasteiger partial charge in [0.2, 0.25) is 5.91 Å². The maximum atomic E-state index is 11.9. The van der Waals surface area contributed by atoms with Crippen LogP contribution < -0.4 is 15.4 Å². The molecule has 23 heavy (non-hydrogen) atoms. The van der Waals surface area contributed by atoms with E-state index < -0.39 is 0 Å². The first-order chi connectivity index (χ1) is 10.7. The average molecular weight is 339 g/mol. The lowest BCUT2D eigenvalue weighted by atomic mass is 10.1. The SMILES string of the molecule is Cc1ccc(CNC(=O)CNCC2CC2)c(OCC2CC2)c1.Cl. The molecular weight excluding hydrogens is 312 g/mol. The zero-order valence-electron chi connectivity index (χ0n) is 13.8. The van der Waals surface area contributed by atoms with E-state index in [2.05, 4.69) is 35.8 Å². The smallest absolute Gasteiger partial charge is 0.234 e. The van der Waals surface area contributed by atoms with Gasteiger partial charge in [-0.15, -0.1) is 12.4 Å². The minimum absolute atomic E-state index is 0. The molecule has 2 aliphatic carbocycles. The molecule has 0 bridgehead atoms. The van der Waals surface area contributed by atoms with E-state index >= 15 is 0 Å². The normalized spacial score (nSPS) is 16.6. The Morgan fingerprint density at radius 2 is 1.96 bits per heavy atom. The second-order valence-corrected chi connectivity index (χ2v) is 6.72. The predicted molar refractivity (Wildman–Crippen MR) is 94.1 cm³/mol. The Labute approximate surface area is 144 Å². The number of ether oxygens (including phenoxy) is 1. The maximum absolute atomic E-state index is 11.9. The maximum Gasteiger partial charge on any atom is 0.234 e. The fourth-order valence-corrected chi connectivity index (χ4v) is 2.40. The van der Waals surface area contributed by atoms with Crippen LogP contribution in [0.15, 0.2) is 18.2 Å². The third kappa shape index (κ3) is 6.40. The number of hydrogen-bond acceptors (Lipinski definition) is 3. The standard InChI is InChI=1S/C18H26N2O2.ClH/c1-13-2-7-16(17(8-13)22-12-15-5-6-15)10-20-18(21)11-19-9-14-3-4-14;/h2,7-8,14-15,19H,3-6,9-12H2,1H3,(H,20,21);1H. The number of hydrogen-bond donors (Lipinski definition) is 2. The van der Waals surface area contributed by atoms with Crippen molar-refractivity contribution >= 4 is 18.3 Å². The molecule has 1 amide bonds. The Balaban J connectivity index is 0.00000192. The number of carbonyl (C=O) groups excluding carboxylic acids is 1. The van der Waals surface area contributed by atoms with Gasteiger partial charge >= 0.3 is 0 Å². The van der Waals surface area contributed by atoms with Crippen LogP contribution in [0.5, 0.6) is 5.75 Å². The van der Waals surface area contributed by atoms with Crippen molar-refractivity contribution < 1.29 is 9.53 Å². The Morgan fingerprint density at radius 3 is 2.65 bits per heavy atom. The molecule has 0 saturated heterocycles. The molecule has 2 aliphatic rings. The van der Waals surface area contributed by atoms with Gasteiger partial charge < -0.3 is 15.4 Å². The summed E-state index contributed by atoms with van der Waals surface area (Å²) in [6.07, 6.45) is 5.18. The van der Waals surface area contributed by atoms with E-state index in [0.29, 0.717) is 13.1 Å². The molecule has 128 valence electrons. The molecule has 3 rings (SSSR count). The Morgan fingerprint density at radius 1 is 1.22 bits per heavy atom. The van der Waals surface area contributed by atoms with E-state index in [1.807, 2.05) is 0 Å². The van der Waals surface area contributed by atoms with Gasteiger partial charge in [-0.25, -0.2) is 0 Å². The van der Waals surface area contributed by atoms with Crippen molar-refractivity contribution in [2.24, 2.45) is 11.8 Å². The van der Waals surface area contributed by atoms with E-state index in [9.17, 15) is 4.79 Å². The van der Waals surface area contributed by atoms with Crippen LogP contribution in [0.1, 0.15) is 36.8 Å². The Kier molecular flexibility index (Phi) is 6.72. The van der Waals surface area contributed by atoms with Crippen molar-refractivity contribution in [2.45, 2.75) is 39.2 Å². The summed E-state index contributed by atoms with van der Waals surface area (Å²) in [5.74, 6) is 2.49. The van der Waals surface area contributed by atoms with Gasteiger partial charge in [0.1, 0.15) is 5.75 Å². The molecule has 2 saturated carbocycles. The number of carbonyl (C=O) groups is 1. The summed E-state index contributed by atoms with van der Waals surface area (Å²) in [5.41, 5.74) is 2.24. The molecular formula is C18H27ClN2O2. The fourth-order valence-electron chi connectivity index (χ4n) is 2.40. The third-order valence-electron chi connectivity index (χ3n) is 4.29. The van der Waals surface area contributed by atoms with Crippen LogP contribution in [0.4, 0.5) is 0 Å². The summed E-state index contributed by atoms with van der Waals surface area (Å²) in [4.78, 5) is 11.9. The number of aryl methyl sites for hydroxylation is 1. The molecule has 1 aromatic rings. The van der Waals surface area contributed by atoms with Gasteiger partial charge in [-0.05, 0) is 62.6 Å². The van der Waals surface area contributed by atoms with Crippen LogP contribution in [-0.2, 0) is 11.3 Å². The number of benzene rings is 1. The van der Waals surface area contributed by atoms with Crippen molar-refractivity contribution in [1.82, 2.24) is 10.6 Å². The van der Waals surface area contributed by atoms with Crippen LogP contribution in [0, 0.1) is 18.8 Å². The minimum atomic E-state index is 0. The lowest BCUT2D eigenvalue weighted by Gasteiger charge is -2.13. The predicted octanol–water partition coefficient (Wildman–Crippen LogP) is 2.82. The van der Waals surface area contributed by atoms with Crippen LogP contribution in [-0.4, -0.2) is 25.6 Å². The first-order valence-corrected chi connectivity index (χ1v) is 8.40. The third-order valence-corrected chi connectivity index (χ3v) is 4.29. The molecule has 0 aliphatic heterocycles. The van der Waals surface area contributed by atoms with Crippen molar-refractivity contribution in [3.8, 4) is 5.75 Å². The highest BCUT2D eigenvalue weighted by Crippen LogP contribution is 2.30. The number of rotatable bonds is 9. The summed E-state index contributed by atoms with van der Waals surface area (Å²) in [6, 6.07) is 6.18. The average Bonchev–Trinajstić information content (AvgIpc) is 3.38. The largest absolute Gasteiger partial charge is 0.493 e. The second kappa shape index (κ2) is 8.55.